The molecule has 1 amide bonds. The fraction of sp³-hybridized carbons (Fsp3) is 0.250. The first-order chi connectivity index (χ1) is 9.95. The largest absolute Gasteiger partial charge is 0.349 e. The summed E-state index contributed by atoms with van der Waals surface area (Å²) in [6.07, 6.45) is 0.565. The smallest absolute Gasteiger partial charge is 0.260 e. The van der Waals surface area contributed by atoms with Crippen molar-refractivity contribution in [2.24, 2.45) is 0 Å². The number of aromatic amines is 1. The molecule has 1 heterocycles. The van der Waals surface area contributed by atoms with Gasteiger partial charge >= 0.3 is 0 Å². The quantitative estimate of drug-likeness (QED) is 0.906. The molecule has 2 rings (SSSR count). The Morgan fingerprint density at radius 2 is 1.90 bits per heavy atom. The van der Waals surface area contributed by atoms with Gasteiger partial charge < -0.3 is 10.3 Å². The highest BCUT2D eigenvalue weighted by Crippen LogP contribution is 2.06. The lowest BCUT2D eigenvalue weighted by Gasteiger charge is -2.13. The third-order valence-electron chi connectivity index (χ3n) is 3.13. The highest BCUT2D eigenvalue weighted by Gasteiger charge is 2.13. The number of nitrogens with one attached hydrogen (secondary N) is 2. The van der Waals surface area contributed by atoms with Gasteiger partial charge in [0.15, 0.2) is 0 Å². The Kier molecular flexibility index (Phi) is 4.52. The number of H-pyrrole nitrogens is 1. The van der Waals surface area contributed by atoms with E-state index in [0.29, 0.717) is 12.1 Å². The maximum Gasteiger partial charge on any atom is 0.260 e. The minimum Gasteiger partial charge on any atom is -0.349 e. The summed E-state index contributed by atoms with van der Waals surface area (Å²) in [5.41, 5.74) is 1.31. The maximum atomic E-state index is 12.8. The number of pyridine rings is 1. The second kappa shape index (κ2) is 6.35. The highest BCUT2D eigenvalue weighted by molar-refractivity contribution is 5.93. The molecular formula is C16H17FN2O2. The molecule has 0 saturated heterocycles. The summed E-state index contributed by atoms with van der Waals surface area (Å²) < 4.78 is 12.8. The molecule has 0 unspecified atom stereocenters. The Balaban J connectivity index is 2.01. The fourth-order valence-electron chi connectivity index (χ4n) is 2.08. The van der Waals surface area contributed by atoms with Gasteiger partial charge in [-0.1, -0.05) is 12.1 Å². The van der Waals surface area contributed by atoms with Crippen molar-refractivity contribution in [2.75, 3.05) is 0 Å². The number of rotatable bonds is 4. The molecule has 2 aromatic rings. The normalized spacial score (nSPS) is 12.0. The zero-order chi connectivity index (χ0) is 15.4. The molecule has 0 radical (unpaired) electrons. The van der Waals surface area contributed by atoms with Gasteiger partial charge in [-0.3, -0.25) is 9.59 Å². The summed E-state index contributed by atoms with van der Waals surface area (Å²) in [6.45, 7) is 3.59. The van der Waals surface area contributed by atoms with Crippen molar-refractivity contribution in [3.05, 3.63) is 69.4 Å². The Labute approximate surface area is 122 Å². The molecule has 0 fully saturated rings. The van der Waals surface area contributed by atoms with Crippen LogP contribution in [0, 0.1) is 12.7 Å². The second-order valence-electron chi connectivity index (χ2n) is 5.09. The number of hydrogen-bond acceptors (Lipinski definition) is 2. The minimum atomic E-state index is -0.411. The third-order valence-corrected chi connectivity index (χ3v) is 3.13. The number of aryl methyl sites for hydroxylation is 1. The number of aromatic nitrogens is 1. The number of hydrogen-bond donors (Lipinski definition) is 2. The third kappa shape index (κ3) is 4.02. The molecule has 5 heteroatoms. The summed E-state index contributed by atoms with van der Waals surface area (Å²) in [4.78, 5) is 26.3. The van der Waals surface area contributed by atoms with E-state index >= 15 is 0 Å². The van der Waals surface area contributed by atoms with E-state index in [1.807, 2.05) is 6.92 Å². The number of carbonyl (C=O) groups is 1. The maximum absolute atomic E-state index is 12.8. The zero-order valence-corrected chi connectivity index (χ0v) is 11.9. The van der Waals surface area contributed by atoms with Crippen LogP contribution in [0.15, 0.2) is 41.2 Å². The molecule has 2 N–H and O–H groups in total. The van der Waals surface area contributed by atoms with Gasteiger partial charge in [0.2, 0.25) is 0 Å². The molecule has 1 atom stereocenters. The number of carbonyl (C=O) groups excluding carboxylic acids is 1. The van der Waals surface area contributed by atoms with Gasteiger partial charge in [-0.05, 0) is 50.1 Å². The van der Waals surface area contributed by atoms with Crippen LogP contribution >= 0.6 is 0 Å². The zero-order valence-electron chi connectivity index (χ0n) is 11.9. The van der Waals surface area contributed by atoms with Crippen LogP contribution in [-0.2, 0) is 6.42 Å². The Hall–Kier alpha value is -2.43. The molecule has 1 aromatic carbocycles. The lowest BCUT2D eigenvalue weighted by atomic mass is 10.1. The molecule has 4 nitrogen and oxygen atoms in total. The van der Waals surface area contributed by atoms with Crippen molar-refractivity contribution in [2.45, 2.75) is 26.3 Å². The van der Waals surface area contributed by atoms with Gasteiger partial charge in [0.05, 0.1) is 0 Å². The topological polar surface area (TPSA) is 62.0 Å². The van der Waals surface area contributed by atoms with Gasteiger partial charge in [0.25, 0.3) is 11.5 Å². The van der Waals surface area contributed by atoms with Gasteiger partial charge in [-0.25, -0.2) is 4.39 Å². The van der Waals surface area contributed by atoms with Crippen molar-refractivity contribution < 1.29 is 9.18 Å². The second-order valence-corrected chi connectivity index (χ2v) is 5.09. The molecule has 0 aliphatic heterocycles. The van der Waals surface area contributed by atoms with E-state index < -0.39 is 11.5 Å². The van der Waals surface area contributed by atoms with E-state index in [1.54, 1.807) is 25.1 Å². The predicted molar refractivity (Wildman–Crippen MR) is 78.8 cm³/mol. The van der Waals surface area contributed by atoms with Crippen LogP contribution in [-0.4, -0.2) is 16.9 Å². The van der Waals surface area contributed by atoms with Crippen LogP contribution < -0.4 is 10.9 Å². The number of amides is 1. The summed E-state index contributed by atoms with van der Waals surface area (Å²) in [6, 6.07) is 9.15. The molecule has 0 aliphatic carbocycles. The van der Waals surface area contributed by atoms with Crippen molar-refractivity contribution in [1.29, 1.82) is 0 Å². The molecule has 21 heavy (non-hydrogen) atoms. The van der Waals surface area contributed by atoms with Crippen LogP contribution in [0.5, 0.6) is 0 Å². The van der Waals surface area contributed by atoms with E-state index in [1.165, 1.54) is 18.2 Å². The first-order valence-corrected chi connectivity index (χ1v) is 6.71. The minimum absolute atomic E-state index is 0.0894. The van der Waals surface area contributed by atoms with E-state index in [-0.39, 0.29) is 17.4 Å². The standard InChI is InChI=1S/C16H17FN2O2/c1-10-3-8-14(15(20)18-10)16(21)19-11(2)9-12-4-6-13(17)7-5-12/h3-8,11H,9H2,1-2H3,(H,18,20)(H,19,21)/t11-/m0/s1. The Bertz CT molecular complexity index is 692. The van der Waals surface area contributed by atoms with E-state index in [2.05, 4.69) is 10.3 Å². The summed E-state index contributed by atoms with van der Waals surface area (Å²) in [7, 11) is 0. The molecule has 110 valence electrons. The Morgan fingerprint density at radius 3 is 2.52 bits per heavy atom. The van der Waals surface area contributed by atoms with E-state index in [4.69, 9.17) is 0 Å². The molecule has 0 spiro atoms. The molecular weight excluding hydrogens is 271 g/mol. The van der Waals surface area contributed by atoms with E-state index in [9.17, 15) is 14.0 Å². The van der Waals surface area contributed by atoms with Crippen LogP contribution in [0.3, 0.4) is 0 Å². The fourth-order valence-corrected chi connectivity index (χ4v) is 2.08. The van der Waals surface area contributed by atoms with Crippen LogP contribution in [0.25, 0.3) is 0 Å². The highest BCUT2D eigenvalue weighted by atomic mass is 19.1. The lowest BCUT2D eigenvalue weighted by Crippen LogP contribution is -2.37. The van der Waals surface area contributed by atoms with Gasteiger partial charge in [-0.15, -0.1) is 0 Å². The first-order valence-electron chi connectivity index (χ1n) is 6.71. The van der Waals surface area contributed by atoms with Crippen molar-refractivity contribution in [3.63, 3.8) is 0 Å². The predicted octanol–water partition coefficient (Wildman–Crippen LogP) is 2.18. The number of benzene rings is 1. The van der Waals surface area contributed by atoms with Gasteiger partial charge in [0.1, 0.15) is 11.4 Å². The summed E-state index contributed by atoms with van der Waals surface area (Å²) >= 11 is 0. The lowest BCUT2D eigenvalue weighted by molar-refractivity contribution is 0.0938. The van der Waals surface area contributed by atoms with Crippen molar-refractivity contribution >= 4 is 5.91 Å². The average molecular weight is 288 g/mol. The van der Waals surface area contributed by atoms with Crippen LogP contribution in [0.1, 0.15) is 28.5 Å². The Morgan fingerprint density at radius 1 is 1.24 bits per heavy atom. The first kappa shape index (κ1) is 15.0. The van der Waals surface area contributed by atoms with Crippen LogP contribution in [0.4, 0.5) is 4.39 Å². The number of halogens is 1. The van der Waals surface area contributed by atoms with E-state index in [0.717, 1.165) is 5.56 Å². The summed E-state index contributed by atoms with van der Waals surface area (Å²) in [5, 5.41) is 2.77. The summed E-state index contributed by atoms with van der Waals surface area (Å²) in [5.74, 6) is -0.701. The SMILES string of the molecule is Cc1ccc(C(=O)N[C@@H](C)Cc2ccc(F)cc2)c(=O)[nH]1. The van der Waals surface area contributed by atoms with Gasteiger partial charge in [0, 0.05) is 11.7 Å². The molecule has 1 aromatic heterocycles. The molecule has 0 bridgehead atoms. The monoisotopic (exact) mass is 288 g/mol. The van der Waals surface area contributed by atoms with Crippen LogP contribution in [0.2, 0.25) is 0 Å². The van der Waals surface area contributed by atoms with Gasteiger partial charge in [-0.2, -0.15) is 0 Å². The molecule has 0 aliphatic rings. The van der Waals surface area contributed by atoms with Crippen molar-refractivity contribution in [1.82, 2.24) is 10.3 Å². The average Bonchev–Trinajstić information content (AvgIpc) is 2.41. The van der Waals surface area contributed by atoms with Crippen molar-refractivity contribution in [3.8, 4) is 0 Å². The molecule has 0 saturated carbocycles.